The third kappa shape index (κ3) is 36.1. The van der Waals surface area contributed by atoms with Crippen LogP contribution >= 0.6 is 0 Å². The van der Waals surface area contributed by atoms with Crippen molar-refractivity contribution in [3.8, 4) is 0 Å². The van der Waals surface area contributed by atoms with Gasteiger partial charge in [-0.15, -0.1) is 12.2 Å². The van der Waals surface area contributed by atoms with Crippen LogP contribution in [0, 0.1) is 13.8 Å². The zero-order valence-corrected chi connectivity index (χ0v) is 11.5. The molecule has 0 bridgehead atoms. The Morgan fingerprint density at radius 2 is 1.18 bits per heavy atom. The van der Waals surface area contributed by atoms with Gasteiger partial charge in [-0.3, -0.25) is 0 Å². The van der Waals surface area contributed by atoms with Gasteiger partial charge in [-0.25, -0.2) is 0 Å². The van der Waals surface area contributed by atoms with E-state index >= 15 is 0 Å². The van der Waals surface area contributed by atoms with Gasteiger partial charge in [0.1, 0.15) is 0 Å². The average Bonchev–Trinajstić information content (AvgIpc) is 2.10. The van der Waals surface area contributed by atoms with Crippen LogP contribution in [0.4, 0.5) is 0 Å². The van der Waals surface area contributed by atoms with Gasteiger partial charge >= 0.3 is 0 Å². The minimum Gasteiger partial charge on any atom is -0.339 e. The van der Waals surface area contributed by atoms with Crippen molar-refractivity contribution >= 4 is 0 Å². The van der Waals surface area contributed by atoms with Gasteiger partial charge in [-0.1, -0.05) is 27.7 Å². The molecule has 0 fully saturated rings. The second-order valence-electron chi connectivity index (χ2n) is 1.25. The SMILES string of the molecule is C=C(C[CH2-])C[CH2-].CC.CC.[Y]. The summed E-state index contributed by atoms with van der Waals surface area (Å²) in [5.74, 6) is 0. The molecular formula is C10H22Y-2. The average molecular weight is 231 g/mol. The zero-order valence-electron chi connectivity index (χ0n) is 8.61. The van der Waals surface area contributed by atoms with E-state index in [9.17, 15) is 0 Å². The molecule has 11 heavy (non-hydrogen) atoms. The Morgan fingerprint density at radius 1 is 1.00 bits per heavy atom. The van der Waals surface area contributed by atoms with Gasteiger partial charge in [0.05, 0.1) is 0 Å². The molecule has 0 spiro atoms. The van der Waals surface area contributed by atoms with Crippen LogP contribution in [0.15, 0.2) is 12.2 Å². The Kier molecular flexibility index (Phi) is 63.3. The fourth-order valence-electron chi connectivity index (χ4n) is 0.125. The van der Waals surface area contributed by atoms with Crippen LogP contribution in [-0.2, 0) is 32.7 Å². The van der Waals surface area contributed by atoms with Crippen LogP contribution < -0.4 is 0 Å². The summed E-state index contributed by atoms with van der Waals surface area (Å²) >= 11 is 0. The van der Waals surface area contributed by atoms with Gasteiger partial charge in [0.25, 0.3) is 0 Å². The quantitative estimate of drug-likeness (QED) is 0.497. The van der Waals surface area contributed by atoms with Gasteiger partial charge < -0.3 is 13.8 Å². The first kappa shape index (κ1) is 22.6. The Labute approximate surface area is 98.7 Å². The number of allylic oxidation sites excluding steroid dienone is 1. The molecule has 0 saturated carbocycles. The van der Waals surface area contributed by atoms with Crippen LogP contribution in [0.5, 0.6) is 0 Å². The molecule has 0 saturated heterocycles. The Bertz CT molecular complexity index is 42.8. The van der Waals surface area contributed by atoms with E-state index in [0.29, 0.717) is 0 Å². The molecule has 1 radical (unpaired) electrons. The van der Waals surface area contributed by atoms with Gasteiger partial charge in [-0.05, 0) is 0 Å². The van der Waals surface area contributed by atoms with E-state index in [0.717, 1.165) is 18.4 Å². The van der Waals surface area contributed by atoms with Crippen molar-refractivity contribution in [2.75, 3.05) is 0 Å². The van der Waals surface area contributed by atoms with Gasteiger partial charge in [-0.2, -0.15) is 12.8 Å². The monoisotopic (exact) mass is 231 g/mol. The Balaban J connectivity index is -0.0000000428. The summed E-state index contributed by atoms with van der Waals surface area (Å²) in [6, 6.07) is 0. The summed E-state index contributed by atoms with van der Waals surface area (Å²) in [6.07, 6.45) is 1.65. The second kappa shape index (κ2) is 30.8. The number of hydrogen-bond acceptors (Lipinski definition) is 0. The molecule has 0 atom stereocenters. The molecular weight excluding hydrogens is 209 g/mol. The van der Waals surface area contributed by atoms with E-state index in [1.165, 1.54) is 0 Å². The normalized spacial score (nSPS) is 5.64. The molecule has 0 amide bonds. The van der Waals surface area contributed by atoms with E-state index < -0.39 is 0 Å². The minimum absolute atomic E-state index is 0. The van der Waals surface area contributed by atoms with E-state index in [4.69, 9.17) is 0 Å². The summed E-state index contributed by atoms with van der Waals surface area (Å²) in [5.41, 5.74) is 1.12. The van der Waals surface area contributed by atoms with E-state index in [2.05, 4.69) is 20.4 Å². The van der Waals surface area contributed by atoms with Crippen LogP contribution in [0.3, 0.4) is 0 Å². The summed E-state index contributed by atoms with van der Waals surface area (Å²) in [7, 11) is 0. The molecule has 0 aromatic carbocycles. The molecule has 1 heteroatoms. The van der Waals surface area contributed by atoms with Crippen molar-refractivity contribution in [1.82, 2.24) is 0 Å². The van der Waals surface area contributed by atoms with Crippen molar-refractivity contribution in [2.24, 2.45) is 0 Å². The molecule has 0 aromatic rings. The predicted octanol–water partition coefficient (Wildman–Crippen LogP) is 4.04. The summed E-state index contributed by atoms with van der Waals surface area (Å²) in [4.78, 5) is 0. The Hall–Kier alpha value is 0.844. The largest absolute Gasteiger partial charge is 0.339 e. The first-order valence-electron chi connectivity index (χ1n) is 4.06. The summed E-state index contributed by atoms with van der Waals surface area (Å²) in [5, 5.41) is 0. The Morgan fingerprint density at radius 3 is 1.18 bits per heavy atom. The maximum Gasteiger partial charge on any atom is 0 e. The zero-order chi connectivity index (χ0) is 8.99. The first-order valence-corrected chi connectivity index (χ1v) is 4.06. The molecule has 0 nitrogen and oxygen atoms in total. The van der Waals surface area contributed by atoms with Gasteiger partial charge in [0.2, 0.25) is 0 Å². The van der Waals surface area contributed by atoms with Crippen molar-refractivity contribution < 1.29 is 32.7 Å². The summed E-state index contributed by atoms with van der Waals surface area (Å²) < 4.78 is 0. The van der Waals surface area contributed by atoms with Crippen LogP contribution in [0.1, 0.15) is 40.5 Å². The molecule has 0 heterocycles. The maximum atomic E-state index is 3.67. The molecule has 0 aliphatic rings. The van der Waals surface area contributed by atoms with Crippen LogP contribution in [0.2, 0.25) is 0 Å². The van der Waals surface area contributed by atoms with Crippen molar-refractivity contribution in [2.45, 2.75) is 40.5 Å². The first-order chi connectivity index (χ1) is 4.81. The van der Waals surface area contributed by atoms with E-state index in [1.807, 2.05) is 27.7 Å². The predicted molar refractivity (Wildman–Crippen MR) is 51.8 cm³/mol. The molecule has 0 aromatic heterocycles. The van der Waals surface area contributed by atoms with Crippen molar-refractivity contribution in [1.29, 1.82) is 0 Å². The third-order valence-electron chi connectivity index (χ3n) is 0.707. The smallest absolute Gasteiger partial charge is 0 e. The molecule has 67 valence electrons. The number of rotatable bonds is 2. The molecule has 0 aliphatic carbocycles. The molecule has 0 N–H and O–H groups in total. The molecule has 0 unspecified atom stereocenters. The van der Waals surface area contributed by atoms with Crippen molar-refractivity contribution in [3.63, 3.8) is 0 Å². The fraction of sp³-hybridized carbons (Fsp3) is 0.600. The van der Waals surface area contributed by atoms with E-state index in [1.54, 1.807) is 0 Å². The topological polar surface area (TPSA) is 0 Å². The van der Waals surface area contributed by atoms with Crippen LogP contribution in [-0.4, -0.2) is 0 Å². The van der Waals surface area contributed by atoms with E-state index in [-0.39, 0.29) is 32.7 Å². The minimum atomic E-state index is 0. The second-order valence-corrected chi connectivity index (χ2v) is 1.25. The number of hydrogen-bond donors (Lipinski definition) is 0. The summed E-state index contributed by atoms with van der Waals surface area (Å²) in [6.45, 7) is 18.9. The maximum absolute atomic E-state index is 3.67. The fourth-order valence-corrected chi connectivity index (χ4v) is 0.125. The standard InChI is InChI=1S/C6H10.2C2H6.Y/c1-4-6(3)5-2;2*1-2;/h1-5H2;2*1-2H3;/q-2;;;. The van der Waals surface area contributed by atoms with Gasteiger partial charge in [0, 0.05) is 32.7 Å². The van der Waals surface area contributed by atoms with Gasteiger partial charge in [0.15, 0.2) is 0 Å². The third-order valence-corrected chi connectivity index (χ3v) is 0.707. The molecule has 0 rings (SSSR count). The molecule has 0 aliphatic heterocycles. The van der Waals surface area contributed by atoms with Crippen LogP contribution in [0.25, 0.3) is 0 Å². The van der Waals surface area contributed by atoms with Crippen molar-refractivity contribution in [3.05, 3.63) is 26.0 Å².